The Morgan fingerprint density at radius 3 is 2.75 bits per heavy atom. The van der Waals surface area contributed by atoms with Crippen LogP contribution >= 0.6 is 11.3 Å². The summed E-state index contributed by atoms with van der Waals surface area (Å²) in [7, 11) is 0. The van der Waals surface area contributed by atoms with Crippen LogP contribution < -0.4 is 5.32 Å². The number of thiophene rings is 1. The van der Waals surface area contributed by atoms with Crippen molar-refractivity contribution in [3.8, 4) is 0 Å². The lowest BCUT2D eigenvalue weighted by Gasteiger charge is -2.06. The molecule has 0 saturated carbocycles. The molecule has 0 bridgehead atoms. The van der Waals surface area contributed by atoms with Crippen molar-refractivity contribution in [1.29, 1.82) is 0 Å². The minimum atomic E-state index is 0.922. The summed E-state index contributed by atoms with van der Waals surface area (Å²) in [5, 5.41) is 3.46. The summed E-state index contributed by atoms with van der Waals surface area (Å²) < 4.78 is 0. The molecule has 0 aliphatic carbocycles. The van der Waals surface area contributed by atoms with Crippen LogP contribution in [0.4, 0.5) is 5.69 Å². The molecule has 0 fully saturated rings. The molecule has 0 spiro atoms. The summed E-state index contributed by atoms with van der Waals surface area (Å²) in [5.41, 5.74) is 2.60. The van der Waals surface area contributed by atoms with Gasteiger partial charge in [-0.3, -0.25) is 0 Å². The molecule has 84 valence electrons. The molecule has 0 amide bonds. The van der Waals surface area contributed by atoms with E-state index in [-0.39, 0.29) is 0 Å². The van der Waals surface area contributed by atoms with Crippen molar-refractivity contribution < 1.29 is 0 Å². The lowest BCUT2D eigenvalue weighted by atomic mass is 10.1. The van der Waals surface area contributed by atoms with Gasteiger partial charge in [-0.25, -0.2) is 0 Å². The van der Waals surface area contributed by atoms with E-state index in [1.54, 1.807) is 0 Å². The van der Waals surface area contributed by atoms with E-state index in [1.807, 2.05) is 11.3 Å². The predicted molar refractivity (Wildman–Crippen MR) is 72.2 cm³/mol. The van der Waals surface area contributed by atoms with Gasteiger partial charge in [0.15, 0.2) is 0 Å². The molecule has 1 nitrogen and oxygen atoms in total. The lowest BCUT2D eigenvalue weighted by molar-refractivity contribution is 1.13. The van der Waals surface area contributed by atoms with Crippen LogP contribution in [-0.2, 0) is 13.0 Å². The van der Waals surface area contributed by atoms with E-state index in [0.29, 0.717) is 0 Å². The maximum Gasteiger partial charge on any atom is 0.0494 e. The van der Waals surface area contributed by atoms with Crippen LogP contribution in [0.2, 0.25) is 0 Å². The van der Waals surface area contributed by atoms with E-state index in [1.165, 1.54) is 21.0 Å². The second-order valence-electron chi connectivity index (χ2n) is 3.92. The zero-order valence-corrected chi connectivity index (χ0v) is 10.6. The molecule has 2 heteroatoms. The summed E-state index contributed by atoms with van der Waals surface area (Å²) >= 11 is 1.85. The van der Waals surface area contributed by atoms with Crippen LogP contribution in [0.25, 0.3) is 0 Å². The van der Waals surface area contributed by atoms with E-state index < -0.39 is 0 Å². The highest BCUT2D eigenvalue weighted by atomic mass is 32.1. The lowest BCUT2D eigenvalue weighted by Crippen LogP contribution is -1.97. The number of anilines is 1. The molecule has 0 unspecified atom stereocenters. The highest BCUT2D eigenvalue weighted by molar-refractivity contribution is 7.11. The zero-order valence-electron chi connectivity index (χ0n) is 9.79. The van der Waals surface area contributed by atoms with Crippen molar-refractivity contribution in [3.63, 3.8) is 0 Å². The van der Waals surface area contributed by atoms with E-state index in [2.05, 4.69) is 55.6 Å². The fourth-order valence-corrected chi connectivity index (χ4v) is 2.50. The summed E-state index contributed by atoms with van der Waals surface area (Å²) in [4.78, 5) is 2.76. The first-order valence-corrected chi connectivity index (χ1v) is 6.47. The van der Waals surface area contributed by atoms with Crippen molar-refractivity contribution in [3.05, 3.63) is 51.7 Å². The van der Waals surface area contributed by atoms with Gasteiger partial charge in [-0.1, -0.05) is 19.1 Å². The predicted octanol–water partition coefficient (Wildman–Crippen LogP) is 4.23. The Balaban J connectivity index is 1.99. The Morgan fingerprint density at radius 2 is 2.06 bits per heavy atom. The van der Waals surface area contributed by atoms with Crippen molar-refractivity contribution in [2.75, 3.05) is 5.32 Å². The molecule has 1 heterocycles. The normalized spacial score (nSPS) is 10.4. The fourth-order valence-electron chi connectivity index (χ4n) is 1.67. The third kappa shape index (κ3) is 2.86. The van der Waals surface area contributed by atoms with Crippen LogP contribution in [-0.4, -0.2) is 0 Å². The standard InChI is InChI=1S/C14H17NS/c1-3-12-5-4-6-13(9-12)15-10-14-8-7-11(2)16-14/h4-9,15H,3,10H2,1-2H3. The van der Waals surface area contributed by atoms with E-state index in [9.17, 15) is 0 Å². The maximum atomic E-state index is 3.46. The molecule has 0 radical (unpaired) electrons. The minimum absolute atomic E-state index is 0.922. The first kappa shape index (κ1) is 11.2. The Morgan fingerprint density at radius 1 is 1.19 bits per heavy atom. The number of hydrogen-bond acceptors (Lipinski definition) is 2. The van der Waals surface area contributed by atoms with Crippen molar-refractivity contribution in [2.45, 2.75) is 26.8 Å². The molecule has 2 aromatic rings. The number of nitrogens with one attached hydrogen (secondary N) is 1. The van der Waals surface area contributed by atoms with Gasteiger partial charge in [0, 0.05) is 22.0 Å². The largest absolute Gasteiger partial charge is 0.380 e. The van der Waals surface area contributed by atoms with Gasteiger partial charge in [-0.15, -0.1) is 11.3 Å². The van der Waals surface area contributed by atoms with Crippen molar-refractivity contribution in [1.82, 2.24) is 0 Å². The van der Waals surface area contributed by atoms with Gasteiger partial charge in [0.05, 0.1) is 0 Å². The summed E-state index contributed by atoms with van der Waals surface area (Å²) in [6, 6.07) is 13.0. The Bertz CT molecular complexity index is 459. The van der Waals surface area contributed by atoms with Crippen LogP contribution in [0.15, 0.2) is 36.4 Å². The van der Waals surface area contributed by atoms with Gasteiger partial charge in [-0.05, 0) is 43.2 Å². The third-order valence-electron chi connectivity index (χ3n) is 2.60. The highest BCUT2D eigenvalue weighted by Crippen LogP contribution is 2.17. The van der Waals surface area contributed by atoms with Crippen molar-refractivity contribution >= 4 is 17.0 Å². The topological polar surface area (TPSA) is 12.0 Å². The number of benzene rings is 1. The average molecular weight is 231 g/mol. The van der Waals surface area contributed by atoms with E-state index in [4.69, 9.17) is 0 Å². The SMILES string of the molecule is CCc1cccc(NCc2ccc(C)s2)c1. The Labute approximate surface area is 101 Å². The molecule has 0 saturated heterocycles. The molecular formula is C14H17NS. The van der Waals surface area contributed by atoms with Crippen LogP contribution in [0.3, 0.4) is 0 Å². The molecule has 1 aromatic heterocycles. The smallest absolute Gasteiger partial charge is 0.0494 e. The van der Waals surface area contributed by atoms with E-state index >= 15 is 0 Å². The van der Waals surface area contributed by atoms with E-state index in [0.717, 1.165) is 13.0 Å². The molecule has 0 aliphatic rings. The minimum Gasteiger partial charge on any atom is -0.380 e. The Hall–Kier alpha value is -1.28. The maximum absolute atomic E-state index is 3.46. The monoisotopic (exact) mass is 231 g/mol. The molecule has 2 rings (SSSR count). The number of rotatable bonds is 4. The average Bonchev–Trinajstić information content (AvgIpc) is 2.73. The van der Waals surface area contributed by atoms with Crippen LogP contribution in [0, 0.1) is 6.92 Å². The summed E-state index contributed by atoms with van der Waals surface area (Å²) in [6.07, 6.45) is 1.09. The second-order valence-corrected chi connectivity index (χ2v) is 5.29. The molecular weight excluding hydrogens is 214 g/mol. The quantitative estimate of drug-likeness (QED) is 0.830. The number of hydrogen-bond donors (Lipinski definition) is 1. The molecule has 1 aromatic carbocycles. The number of aryl methyl sites for hydroxylation is 2. The summed E-state index contributed by atoms with van der Waals surface area (Å²) in [6.45, 7) is 5.25. The highest BCUT2D eigenvalue weighted by Gasteiger charge is 1.97. The third-order valence-corrected chi connectivity index (χ3v) is 3.60. The van der Waals surface area contributed by atoms with Gasteiger partial charge < -0.3 is 5.32 Å². The zero-order chi connectivity index (χ0) is 11.4. The van der Waals surface area contributed by atoms with Crippen LogP contribution in [0.5, 0.6) is 0 Å². The Kier molecular flexibility index (Phi) is 3.62. The van der Waals surface area contributed by atoms with Gasteiger partial charge in [0.1, 0.15) is 0 Å². The van der Waals surface area contributed by atoms with Crippen LogP contribution in [0.1, 0.15) is 22.2 Å². The van der Waals surface area contributed by atoms with Gasteiger partial charge in [-0.2, -0.15) is 0 Å². The molecule has 1 N–H and O–H groups in total. The van der Waals surface area contributed by atoms with Crippen molar-refractivity contribution in [2.24, 2.45) is 0 Å². The second kappa shape index (κ2) is 5.17. The molecule has 16 heavy (non-hydrogen) atoms. The molecule has 0 atom stereocenters. The van der Waals surface area contributed by atoms with Gasteiger partial charge in [0.25, 0.3) is 0 Å². The van der Waals surface area contributed by atoms with Gasteiger partial charge in [0.2, 0.25) is 0 Å². The van der Waals surface area contributed by atoms with Gasteiger partial charge >= 0.3 is 0 Å². The summed E-state index contributed by atoms with van der Waals surface area (Å²) in [5.74, 6) is 0. The fraction of sp³-hybridized carbons (Fsp3) is 0.286. The molecule has 0 aliphatic heterocycles. The first-order valence-electron chi connectivity index (χ1n) is 5.66. The first-order chi connectivity index (χ1) is 7.78.